The fourth-order valence-electron chi connectivity index (χ4n) is 1.76. The van der Waals surface area contributed by atoms with Crippen LogP contribution in [0.2, 0.25) is 0 Å². The highest BCUT2D eigenvalue weighted by Crippen LogP contribution is 2.20. The number of benzene rings is 1. The largest absolute Gasteiger partial charge is 0.497 e. The van der Waals surface area contributed by atoms with Crippen molar-refractivity contribution in [3.05, 3.63) is 53.6 Å². The predicted octanol–water partition coefficient (Wildman–Crippen LogP) is 2.07. The van der Waals surface area contributed by atoms with Crippen LogP contribution in [0.1, 0.15) is 23.1 Å². The Morgan fingerprint density at radius 3 is 2.44 bits per heavy atom. The molecular weight excluding hydrogens is 228 g/mol. The Balaban J connectivity index is 2.11. The zero-order valence-corrected chi connectivity index (χ0v) is 10.5. The normalized spacial score (nSPS) is 12.2. The topological polar surface area (TPSA) is 55.2 Å². The summed E-state index contributed by atoms with van der Waals surface area (Å²) in [4.78, 5) is 8.39. The standard InChI is InChI=1S/C14H16N2O2/c1-10-13(16-8-7-15-10)9-14(17)11-3-5-12(18-2)6-4-11/h3-8,14,17H,9H2,1-2H3. The second kappa shape index (κ2) is 5.60. The summed E-state index contributed by atoms with van der Waals surface area (Å²) < 4.78 is 5.08. The van der Waals surface area contributed by atoms with Crippen molar-refractivity contribution < 1.29 is 9.84 Å². The molecule has 0 aliphatic heterocycles. The molecule has 0 aliphatic carbocycles. The van der Waals surface area contributed by atoms with Gasteiger partial charge in [0.2, 0.25) is 0 Å². The van der Waals surface area contributed by atoms with Crippen molar-refractivity contribution in [2.24, 2.45) is 0 Å². The first-order valence-electron chi connectivity index (χ1n) is 5.79. The lowest BCUT2D eigenvalue weighted by Gasteiger charge is -2.12. The molecule has 0 aliphatic rings. The lowest BCUT2D eigenvalue weighted by molar-refractivity contribution is 0.176. The number of methoxy groups -OCH3 is 1. The van der Waals surface area contributed by atoms with E-state index in [1.54, 1.807) is 19.5 Å². The molecule has 0 radical (unpaired) electrons. The first kappa shape index (κ1) is 12.5. The quantitative estimate of drug-likeness (QED) is 0.894. The van der Waals surface area contributed by atoms with Gasteiger partial charge in [-0.1, -0.05) is 12.1 Å². The first-order chi connectivity index (χ1) is 8.70. The van der Waals surface area contributed by atoms with Crippen LogP contribution >= 0.6 is 0 Å². The van der Waals surface area contributed by atoms with E-state index in [0.717, 1.165) is 22.7 Å². The minimum Gasteiger partial charge on any atom is -0.497 e. The van der Waals surface area contributed by atoms with E-state index < -0.39 is 6.10 Å². The van der Waals surface area contributed by atoms with Gasteiger partial charge >= 0.3 is 0 Å². The van der Waals surface area contributed by atoms with Gasteiger partial charge < -0.3 is 9.84 Å². The number of hydrogen-bond acceptors (Lipinski definition) is 4. The van der Waals surface area contributed by atoms with E-state index in [-0.39, 0.29) is 0 Å². The fraction of sp³-hybridized carbons (Fsp3) is 0.286. The van der Waals surface area contributed by atoms with E-state index >= 15 is 0 Å². The van der Waals surface area contributed by atoms with Crippen LogP contribution in [0.4, 0.5) is 0 Å². The summed E-state index contributed by atoms with van der Waals surface area (Å²) in [5.74, 6) is 0.779. The van der Waals surface area contributed by atoms with Crippen molar-refractivity contribution in [3.63, 3.8) is 0 Å². The third kappa shape index (κ3) is 2.84. The molecule has 1 heterocycles. The third-order valence-electron chi connectivity index (χ3n) is 2.87. The summed E-state index contributed by atoms with van der Waals surface area (Å²) in [6.45, 7) is 1.89. The van der Waals surface area contributed by atoms with Crippen LogP contribution in [0.5, 0.6) is 5.75 Å². The molecule has 1 unspecified atom stereocenters. The summed E-state index contributed by atoms with van der Waals surface area (Å²) >= 11 is 0. The number of nitrogens with zero attached hydrogens (tertiary/aromatic N) is 2. The predicted molar refractivity (Wildman–Crippen MR) is 68.4 cm³/mol. The molecule has 1 atom stereocenters. The van der Waals surface area contributed by atoms with Crippen LogP contribution in [0.3, 0.4) is 0 Å². The molecule has 0 saturated heterocycles. The highest BCUT2D eigenvalue weighted by atomic mass is 16.5. The van der Waals surface area contributed by atoms with Crippen LogP contribution in [-0.4, -0.2) is 22.2 Å². The lowest BCUT2D eigenvalue weighted by atomic mass is 10.0. The molecule has 0 spiro atoms. The lowest BCUT2D eigenvalue weighted by Crippen LogP contribution is -2.05. The molecule has 1 aromatic heterocycles. The number of aliphatic hydroxyl groups is 1. The Labute approximate surface area is 106 Å². The molecule has 2 rings (SSSR count). The van der Waals surface area contributed by atoms with E-state index in [4.69, 9.17) is 4.74 Å². The molecule has 1 N–H and O–H groups in total. The number of aryl methyl sites for hydroxylation is 1. The van der Waals surface area contributed by atoms with Gasteiger partial charge in [0.1, 0.15) is 5.75 Å². The van der Waals surface area contributed by atoms with Gasteiger partial charge in [0, 0.05) is 18.8 Å². The van der Waals surface area contributed by atoms with E-state index in [1.165, 1.54) is 0 Å². The zero-order valence-electron chi connectivity index (χ0n) is 10.5. The zero-order chi connectivity index (χ0) is 13.0. The van der Waals surface area contributed by atoms with Crippen molar-refractivity contribution in [3.8, 4) is 5.75 Å². The van der Waals surface area contributed by atoms with E-state index in [1.807, 2.05) is 31.2 Å². The molecule has 4 nitrogen and oxygen atoms in total. The molecule has 0 fully saturated rings. The molecular formula is C14H16N2O2. The smallest absolute Gasteiger partial charge is 0.118 e. The Kier molecular flexibility index (Phi) is 3.89. The Hall–Kier alpha value is -1.94. The van der Waals surface area contributed by atoms with Gasteiger partial charge in [0.05, 0.1) is 24.6 Å². The Morgan fingerprint density at radius 2 is 1.83 bits per heavy atom. The van der Waals surface area contributed by atoms with Crippen LogP contribution < -0.4 is 4.74 Å². The second-order valence-electron chi connectivity index (χ2n) is 4.08. The maximum Gasteiger partial charge on any atom is 0.118 e. The summed E-state index contributed by atoms with van der Waals surface area (Å²) in [6.07, 6.45) is 3.18. The van der Waals surface area contributed by atoms with Gasteiger partial charge in [-0.15, -0.1) is 0 Å². The van der Waals surface area contributed by atoms with Crippen molar-refractivity contribution in [2.75, 3.05) is 7.11 Å². The van der Waals surface area contributed by atoms with Gasteiger partial charge in [-0.05, 0) is 24.6 Å². The van der Waals surface area contributed by atoms with E-state index in [2.05, 4.69) is 9.97 Å². The first-order valence-corrected chi connectivity index (χ1v) is 5.79. The third-order valence-corrected chi connectivity index (χ3v) is 2.87. The van der Waals surface area contributed by atoms with Crippen LogP contribution in [-0.2, 0) is 6.42 Å². The maximum atomic E-state index is 10.2. The second-order valence-corrected chi connectivity index (χ2v) is 4.08. The van der Waals surface area contributed by atoms with Gasteiger partial charge in [-0.25, -0.2) is 0 Å². The summed E-state index contributed by atoms with van der Waals surface area (Å²) in [5.41, 5.74) is 2.52. The number of ether oxygens (including phenoxy) is 1. The molecule has 1 aromatic carbocycles. The summed E-state index contributed by atoms with van der Waals surface area (Å²) in [5, 5.41) is 10.2. The number of aliphatic hydroxyl groups excluding tert-OH is 1. The number of aromatic nitrogens is 2. The van der Waals surface area contributed by atoms with Gasteiger partial charge in [-0.2, -0.15) is 0 Å². The summed E-state index contributed by atoms with van der Waals surface area (Å²) in [6, 6.07) is 7.38. The molecule has 18 heavy (non-hydrogen) atoms. The van der Waals surface area contributed by atoms with Crippen molar-refractivity contribution in [1.82, 2.24) is 9.97 Å². The number of hydrogen-bond donors (Lipinski definition) is 1. The van der Waals surface area contributed by atoms with Gasteiger partial charge in [-0.3, -0.25) is 9.97 Å². The number of rotatable bonds is 4. The summed E-state index contributed by atoms with van der Waals surface area (Å²) in [7, 11) is 1.62. The van der Waals surface area contributed by atoms with Crippen LogP contribution in [0, 0.1) is 6.92 Å². The van der Waals surface area contributed by atoms with Crippen molar-refractivity contribution >= 4 is 0 Å². The maximum absolute atomic E-state index is 10.2. The molecule has 0 amide bonds. The highest BCUT2D eigenvalue weighted by molar-refractivity contribution is 5.29. The SMILES string of the molecule is COc1ccc(C(O)Cc2nccnc2C)cc1. The van der Waals surface area contributed by atoms with Gasteiger partial charge in [0.25, 0.3) is 0 Å². The average molecular weight is 244 g/mol. The average Bonchev–Trinajstić information content (AvgIpc) is 2.41. The molecule has 0 bridgehead atoms. The molecule has 2 aromatic rings. The minimum atomic E-state index is -0.577. The minimum absolute atomic E-state index is 0.464. The monoisotopic (exact) mass is 244 g/mol. The Bertz CT molecular complexity index is 511. The van der Waals surface area contributed by atoms with Crippen LogP contribution in [0.15, 0.2) is 36.7 Å². The van der Waals surface area contributed by atoms with Crippen molar-refractivity contribution in [1.29, 1.82) is 0 Å². The van der Waals surface area contributed by atoms with Crippen molar-refractivity contribution in [2.45, 2.75) is 19.4 Å². The van der Waals surface area contributed by atoms with E-state index in [9.17, 15) is 5.11 Å². The fourth-order valence-corrected chi connectivity index (χ4v) is 1.76. The van der Waals surface area contributed by atoms with Gasteiger partial charge in [0.15, 0.2) is 0 Å². The highest BCUT2D eigenvalue weighted by Gasteiger charge is 2.11. The van der Waals surface area contributed by atoms with E-state index in [0.29, 0.717) is 6.42 Å². The molecule has 0 saturated carbocycles. The molecule has 4 heteroatoms. The van der Waals surface area contributed by atoms with Crippen LogP contribution in [0.25, 0.3) is 0 Å². The Morgan fingerprint density at radius 1 is 1.17 bits per heavy atom. The molecule has 94 valence electrons.